The molecule has 0 radical (unpaired) electrons. The van der Waals surface area contributed by atoms with E-state index >= 15 is 0 Å². The van der Waals surface area contributed by atoms with Crippen LogP contribution < -0.4 is 10.2 Å². The lowest BCUT2D eigenvalue weighted by molar-refractivity contribution is -0.137. The van der Waals surface area contributed by atoms with Gasteiger partial charge in [0.15, 0.2) is 0 Å². The Morgan fingerprint density at radius 1 is 1.03 bits per heavy atom. The van der Waals surface area contributed by atoms with E-state index in [9.17, 15) is 14.7 Å². The van der Waals surface area contributed by atoms with E-state index in [2.05, 4.69) is 22.2 Å². The fourth-order valence-corrected chi connectivity index (χ4v) is 5.97. The molecule has 0 bridgehead atoms. The van der Waals surface area contributed by atoms with Crippen LogP contribution in [0.2, 0.25) is 0 Å². The van der Waals surface area contributed by atoms with Gasteiger partial charge < -0.3 is 29.9 Å². The minimum atomic E-state index is -0.650. The van der Waals surface area contributed by atoms with Gasteiger partial charge in [-0.15, -0.1) is 0 Å². The predicted molar refractivity (Wildman–Crippen MR) is 125 cm³/mol. The molecule has 1 saturated carbocycles. The van der Waals surface area contributed by atoms with Crippen LogP contribution >= 0.6 is 0 Å². The number of nitrogens with zero attached hydrogens (tertiary/aromatic N) is 3. The quantitative estimate of drug-likeness (QED) is 0.690. The summed E-state index contributed by atoms with van der Waals surface area (Å²) < 4.78 is 5.65. The van der Waals surface area contributed by atoms with Gasteiger partial charge in [-0.05, 0) is 56.5 Å². The number of hydrogen-bond acceptors (Lipinski definition) is 6. The Hall–Kier alpha value is -2.16. The Bertz CT molecular complexity index is 848. The number of carbonyl (C=O) groups excluding carboxylic acids is 2. The highest BCUT2D eigenvalue weighted by molar-refractivity contribution is 5.98. The van der Waals surface area contributed by atoms with Crippen molar-refractivity contribution in [3.05, 3.63) is 29.8 Å². The Kier molecular flexibility index (Phi) is 6.58. The van der Waals surface area contributed by atoms with Crippen LogP contribution in [-0.4, -0.2) is 97.4 Å². The van der Waals surface area contributed by atoms with Crippen molar-refractivity contribution >= 4 is 17.5 Å². The first-order valence-corrected chi connectivity index (χ1v) is 12.5. The number of likely N-dealkylation sites (tertiary alicyclic amines) is 1. The molecule has 0 unspecified atom stereocenters. The third kappa shape index (κ3) is 4.61. The minimum absolute atomic E-state index is 0.0682. The summed E-state index contributed by atoms with van der Waals surface area (Å²) in [6.07, 6.45) is 4.06. The number of anilines is 1. The molecule has 3 heterocycles. The molecule has 3 saturated heterocycles. The molecule has 4 aliphatic rings. The van der Waals surface area contributed by atoms with Crippen molar-refractivity contribution in [3.8, 4) is 0 Å². The van der Waals surface area contributed by atoms with E-state index in [4.69, 9.17) is 4.74 Å². The van der Waals surface area contributed by atoms with Crippen LogP contribution in [0.25, 0.3) is 0 Å². The highest BCUT2D eigenvalue weighted by Crippen LogP contribution is 2.33. The van der Waals surface area contributed by atoms with Crippen molar-refractivity contribution in [3.63, 3.8) is 0 Å². The minimum Gasteiger partial charge on any atom is -0.388 e. The smallest absolute Gasteiger partial charge is 0.251 e. The zero-order chi connectivity index (χ0) is 22.9. The summed E-state index contributed by atoms with van der Waals surface area (Å²) in [4.78, 5) is 33.2. The summed E-state index contributed by atoms with van der Waals surface area (Å²) >= 11 is 0. The van der Waals surface area contributed by atoms with Crippen LogP contribution in [0.5, 0.6) is 0 Å². The largest absolute Gasteiger partial charge is 0.388 e. The SMILES string of the molecule is CN1CCN(c2ccc(C(=O)N[C@H](C(=O)N3CC[C@H]4OC[C@H](O)[C@H]43)C3CCCC3)cc2)CC1. The van der Waals surface area contributed by atoms with Gasteiger partial charge in [0.1, 0.15) is 12.1 Å². The Balaban J connectivity index is 1.28. The molecule has 8 heteroatoms. The summed E-state index contributed by atoms with van der Waals surface area (Å²) in [5.74, 6) is -0.130. The van der Waals surface area contributed by atoms with Crippen LogP contribution in [0.15, 0.2) is 24.3 Å². The maximum atomic E-state index is 13.6. The van der Waals surface area contributed by atoms with E-state index < -0.39 is 12.1 Å². The number of nitrogens with one attached hydrogen (secondary N) is 1. The van der Waals surface area contributed by atoms with E-state index in [1.165, 1.54) is 0 Å². The number of aliphatic hydroxyl groups excluding tert-OH is 1. The topological polar surface area (TPSA) is 85.4 Å². The van der Waals surface area contributed by atoms with Gasteiger partial charge in [-0.25, -0.2) is 0 Å². The molecule has 33 heavy (non-hydrogen) atoms. The number of hydrogen-bond donors (Lipinski definition) is 2. The van der Waals surface area contributed by atoms with Gasteiger partial charge in [-0.3, -0.25) is 9.59 Å². The molecule has 0 aromatic heterocycles. The van der Waals surface area contributed by atoms with Crippen molar-refractivity contribution in [1.82, 2.24) is 15.1 Å². The summed E-state index contributed by atoms with van der Waals surface area (Å²) in [7, 11) is 2.13. The molecule has 8 nitrogen and oxygen atoms in total. The molecule has 2 amide bonds. The third-order valence-electron chi connectivity index (χ3n) is 7.98. The number of rotatable bonds is 5. The molecule has 3 aliphatic heterocycles. The van der Waals surface area contributed by atoms with Crippen LogP contribution in [0.4, 0.5) is 5.69 Å². The van der Waals surface area contributed by atoms with Gasteiger partial charge in [0.05, 0.1) is 18.8 Å². The molecule has 0 spiro atoms. The van der Waals surface area contributed by atoms with E-state index in [0.717, 1.165) is 64.0 Å². The number of aliphatic hydroxyl groups is 1. The maximum absolute atomic E-state index is 13.6. The second kappa shape index (κ2) is 9.60. The van der Waals surface area contributed by atoms with Crippen LogP contribution in [-0.2, 0) is 9.53 Å². The molecular formula is C25H36N4O4. The zero-order valence-electron chi connectivity index (χ0n) is 19.5. The molecule has 2 N–H and O–H groups in total. The van der Waals surface area contributed by atoms with Gasteiger partial charge in [0.25, 0.3) is 5.91 Å². The predicted octanol–water partition coefficient (Wildman–Crippen LogP) is 1.09. The fourth-order valence-electron chi connectivity index (χ4n) is 5.97. The zero-order valence-corrected chi connectivity index (χ0v) is 19.5. The lowest BCUT2D eigenvalue weighted by Gasteiger charge is -2.34. The Morgan fingerprint density at radius 3 is 2.42 bits per heavy atom. The number of amides is 2. The summed E-state index contributed by atoms with van der Waals surface area (Å²) in [5, 5.41) is 13.4. The lowest BCUT2D eigenvalue weighted by atomic mass is 9.95. The molecule has 1 aromatic carbocycles. The van der Waals surface area contributed by atoms with Crippen molar-refractivity contribution in [1.29, 1.82) is 0 Å². The molecular weight excluding hydrogens is 420 g/mol. The fraction of sp³-hybridized carbons (Fsp3) is 0.680. The van der Waals surface area contributed by atoms with Crippen molar-refractivity contribution in [2.75, 3.05) is 51.3 Å². The van der Waals surface area contributed by atoms with E-state index in [1.807, 2.05) is 24.3 Å². The first-order chi connectivity index (χ1) is 16.0. The number of fused-ring (bicyclic) bond motifs is 1. The van der Waals surface area contributed by atoms with Gasteiger partial charge >= 0.3 is 0 Å². The number of piperazine rings is 1. The molecule has 180 valence electrons. The highest BCUT2D eigenvalue weighted by atomic mass is 16.5. The monoisotopic (exact) mass is 456 g/mol. The standard InChI is InChI=1S/C25H36N4O4/c1-27-12-14-28(15-13-27)19-8-6-18(7-9-19)24(31)26-22(17-4-2-3-5-17)25(32)29-11-10-21-23(29)20(30)16-33-21/h6-9,17,20-23,30H,2-5,10-16H2,1H3,(H,26,31)/t20-,21+,22-,23+/m0/s1. The first kappa shape index (κ1) is 22.6. The number of benzene rings is 1. The highest BCUT2D eigenvalue weighted by Gasteiger charge is 2.49. The number of likely N-dealkylation sites (N-methyl/N-ethyl adjacent to an activating group) is 1. The average Bonchev–Trinajstić information content (AvgIpc) is 3.58. The van der Waals surface area contributed by atoms with Crippen LogP contribution in [0, 0.1) is 5.92 Å². The van der Waals surface area contributed by atoms with Gasteiger partial charge in [-0.1, -0.05) is 12.8 Å². The average molecular weight is 457 g/mol. The maximum Gasteiger partial charge on any atom is 0.251 e. The normalized spacial score (nSPS) is 29.3. The summed E-state index contributed by atoms with van der Waals surface area (Å²) in [6.45, 7) is 4.88. The van der Waals surface area contributed by atoms with Crippen molar-refractivity contribution in [2.24, 2.45) is 5.92 Å². The van der Waals surface area contributed by atoms with Gasteiger partial charge in [0.2, 0.25) is 5.91 Å². The number of carbonyl (C=O) groups is 2. The lowest BCUT2D eigenvalue weighted by Crippen LogP contribution is -2.55. The van der Waals surface area contributed by atoms with Gasteiger partial charge in [0, 0.05) is 44.0 Å². The molecule has 4 atom stereocenters. The van der Waals surface area contributed by atoms with Gasteiger partial charge in [-0.2, -0.15) is 0 Å². The molecule has 1 aliphatic carbocycles. The second-order valence-corrected chi connectivity index (χ2v) is 10.1. The summed E-state index contributed by atoms with van der Waals surface area (Å²) in [5.41, 5.74) is 1.70. The van der Waals surface area contributed by atoms with Crippen LogP contribution in [0.3, 0.4) is 0 Å². The van der Waals surface area contributed by atoms with Crippen molar-refractivity contribution in [2.45, 2.75) is 56.4 Å². The van der Waals surface area contributed by atoms with E-state index in [0.29, 0.717) is 12.1 Å². The second-order valence-electron chi connectivity index (χ2n) is 10.1. The molecule has 5 rings (SSSR count). The molecule has 4 fully saturated rings. The molecule has 1 aromatic rings. The Morgan fingerprint density at radius 2 is 1.73 bits per heavy atom. The first-order valence-electron chi connectivity index (χ1n) is 12.5. The number of ether oxygens (including phenoxy) is 1. The van der Waals surface area contributed by atoms with E-state index in [1.54, 1.807) is 4.90 Å². The summed E-state index contributed by atoms with van der Waals surface area (Å²) in [6, 6.07) is 6.89. The Labute approximate surface area is 195 Å². The van der Waals surface area contributed by atoms with E-state index in [-0.39, 0.29) is 36.5 Å². The third-order valence-corrected chi connectivity index (χ3v) is 7.98. The van der Waals surface area contributed by atoms with Crippen LogP contribution in [0.1, 0.15) is 42.5 Å². The van der Waals surface area contributed by atoms with Crippen molar-refractivity contribution < 1.29 is 19.4 Å².